The molecule has 1 saturated heterocycles. The second-order valence-corrected chi connectivity index (χ2v) is 11.3. The number of hydrogen-bond acceptors (Lipinski definition) is 7. The molecule has 2 N–H and O–H groups in total. The minimum atomic E-state index is -0.738. The topological polar surface area (TPSA) is 119 Å². The van der Waals surface area contributed by atoms with Gasteiger partial charge in [-0.05, 0) is 76.4 Å². The maximum absolute atomic E-state index is 13.3. The monoisotopic (exact) mass is 571 g/mol. The van der Waals surface area contributed by atoms with E-state index in [1.807, 2.05) is 63.2 Å². The van der Waals surface area contributed by atoms with Crippen molar-refractivity contribution in [3.63, 3.8) is 0 Å². The molecular formula is C32H37N5O5. The average molecular weight is 572 g/mol. The van der Waals surface area contributed by atoms with Crippen molar-refractivity contribution in [3.05, 3.63) is 83.1 Å². The number of benzene rings is 2. The van der Waals surface area contributed by atoms with E-state index in [1.165, 1.54) is 18.9 Å². The minimum absolute atomic E-state index is 0.0126. The normalized spacial score (nSPS) is 14.6. The van der Waals surface area contributed by atoms with Gasteiger partial charge in [0.1, 0.15) is 11.6 Å². The molecule has 5 rings (SSSR count). The molecule has 1 atom stereocenters. The van der Waals surface area contributed by atoms with Crippen molar-refractivity contribution in [1.82, 2.24) is 20.0 Å². The van der Waals surface area contributed by atoms with E-state index in [-0.39, 0.29) is 28.8 Å². The van der Waals surface area contributed by atoms with Gasteiger partial charge in [-0.2, -0.15) is 4.68 Å². The molecular weight excluding hydrogens is 534 g/mol. The number of anilines is 1. The Bertz CT molecular complexity index is 1570. The summed E-state index contributed by atoms with van der Waals surface area (Å²) >= 11 is 0. The van der Waals surface area contributed by atoms with Crippen LogP contribution in [0.2, 0.25) is 0 Å². The van der Waals surface area contributed by atoms with Crippen molar-refractivity contribution < 1.29 is 23.5 Å². The summed E-state index contributed by atoms with van der Waals surface area (Å²) in [5.41, 5.74) is 2.08. The molecule has 220 valence electrons. The largest absolute Gasteiger partial charge is 0.445 e. The molecule has 0 saturated carbocycles. The third kappa shape index (κ3) is 6.38. The number of hydrogen-bond donors (Lipinski definition) is 2. The van der Waals surface area contributed by atoms with E-state index in [4.69, 9.17) is 9.15 Å². The number of nitrogens with zero attached hydrogens (tertiary/aromatic N) is 3. The summed E-state index contributed by atoms with van der Waals surface area (Å²) in [6, 6.07) is 18.4. The van der Waals surface area contributed by atoms with Gasteiger partial charge in [0.15, 0.2) is 17.2 Å². The molecule has 1 unspecified atom stereocenters. The Morgan fingerprint density at radius 3 is 2.38 bits per heavy atom. The first kappa shape index (κ1) is 29.1. The molecule has 0 bridgehead atoms. The van der Waals surface area contributed by atoms with Crippen molar-refractivity contribution in [3.8, 4) is 0 Å². The van der Waals surface area contributed by atoms with Crippen molar-refractivity contribution in [1.29, 1.82) is 0 Å². The van der Waals surface area contributed by atoms with Gasteiger partial charge in [0.2, 0.25) is 0 Å². The quantitative estimate of drug-likeness (QED) is 0.256. The van der Waals surface area contributed by atoms with Crippen LogP contribution in [0.5, 0.6) is 0 Å². The standard InChI is InChI=1S/C32H37N5O5/c1-5-21(2)41-31(40)37-25-19-26(30(39)34-32(3,4)24-11-7-6-8-12-24)42-27(25)28(35-37)33-29(38)23-15-13-22(14-16-23)20-36-17-9-10-18-36/h6-8,11-16,19,21H,5,9-10,17-18,20H2,1-4H3,(H,34,39)(H,33,35,38). The first-order valence-corrected chi connectivity index (χ1v) is 14.4. The number of likely N-dealkylation sites (tertiary alicyclic amines) is 1. The van der Waals surface area contributed by atoms with Gasteiger partial charge in [-0.1, -0.05) is 49.4 Å². The molecule has 0 radical (unpaired) electrons. The van der Waals surface area contributed by atoms with Gasteiger partial charge < -0.3 is 19.8 Å². The predicted octanol–water partition coefficient (Wildman–Crippen LogP) is 5.93. The Morgan fingerprint density at radius 1 is 1.02 bits per heavy atom. The number of amides is 2. The average Bonchev–Trinajstić information content (AvgIpc) is 3.72. The molecule has 1 aliphatic rings. The van der Waals surface area contributed by atoms with Crippen LogP contribution in [-0.4, -0.2) is 51.8 Å². The molecule has 0 spiro atoms. The second-order valence-electron chi connectivity index (χ2n) is 11.3. The number of carbonyl (C=O) groups excluding carboxylic acids is 3. The van der Waals surface area contributed by atoms with Crippen LogP contribution in [-0.2, 0) is 16.8 Å². The Hall–Kier alpha value is -4.44. The first-order valence-electron chi connectivity index (χ1n) is 14.4. The summed E-state index contributed by atoms with van der Waals surface area (Å²) in [6.07, 6.45) is 1.95. The fourth-order valence-corrected chi connectivity index (χ4v) is 4.96. The first-order chi connectivity index (χ1) is 20.1. The number of fused-ring (bicyclic) bond motifs is 1. The summed E-state index contributed by atoms with van der Waals surface area (Å²) in [4.78, 5) is 41.9. The highest BCUT2D eigenvalue weighted by Crippen LogP contribution is 2.29. The molecule has 2 aromatic heterocycles. The smallest absolute Gasteiger partial charge is 0.435 e. The highest BCUT2D eigenvalue weighted by Gasteiger charge is 2.29. The van der Waals surface area contributed by atoms with E-state index in [9.17, 15) is 14.4 Å². The number of furan rings is 1. The SMILES string of the molecule is CCC(C)OC(=O)n1nc(NC(=O)c2ccc(CN3CCCC3)cc2)c2oc(C(=O)NC(C)(C)c3ccccc3)cc21. The van der Waals surface area contributed by atoms with E-state index >= 15 is 0 Å². The third-order valence-corrected chi connectivity index (χ3v) is 7.60. The van der Waals surface area contributed by atoms with Crippen LogP contribution in [0.25, 0.3) is 11.1 Å². The fourth-order valence-electron chi connectivity index (χ4n) is 4.96. The van der Waals surface area contributed by atoms with Gasteiger partial charge in [0.05, 0.1) is 5.54 Å². The van der Waals surface area contributed by atoms with Crippen molar-refractivity contribution in [2.24, 2.45) is 0 Å². The van der Waals surface area contributed by atoms with E-state index in [0.717, 1.165) is 35.4 Å². The minimum Gasteiger partial charge on any atom is -0.445 e. The van der Waals surface area contributed by atoms with Crippen LogP contribution in [0, 0.1) is 0 Å². The highest BCUT2D eigenvalue weighted by atomic mass is 16.6. The molecule has 2 amide bonds. The number of nitrogens with one attached hydrogen (secondary N) is 2. The lowest BCUT2D eigenvalue weighted by molar-refractivity contribution is 0.0884. The zero-order valence-corrected chi connectivity index (χ0v) is 24.5. The maximum Gasteiger partial charge on any atom is 0.435 e. The molecule has 0 aliphatic carbocycles. The van der Waals surface area contributed by atoms with Gasteiger partial charge >= 0.3 is 6.09 Å². The summed E-state index contributed by atoms with van der Waals surface area (Å²) in [5.74, 6) is -0.915. The van der Waals surface area contributed by atoms with E-state index < -0.39 is 23.4 Å². The van der Waals surface area contributed by atoms with Crippen LogP contribution in [0.1, 0.15) is 79.0 Å². The molecule has 10 nitrogen and oxygen atoms in total. The molecule has 3 heterocycles. The number of ether oxygens (including phenoxy) is 1. The lowest BCUT2D eigenvalue weighted by Crippen LogP contribution is -2.40. The van der Waals surface area contributed by atoms with Gasteiger partial charge in [0.25, 0.3) is 11.8 Å². The van der Waals surface area contributed by atoms with E-state index in [0.29, 0.717) is 12.0 Å². The molecule has 10 heteroatoms. The molecule has 1 fully saturated rings. The predicted molar refractivity (Wildman–Crippen MR) is 159 cm³/mol. The Morgan fingerprint density at radius 2 is 1.71 bits per heavy atom. The Kier molecular flexibility index (Phi) is 8.44. The van der Waals surface area contributed by atoms with Crippen LogP contribution in [0.4, 0.5) is 10.6 Å². The molecule has 2 aromatic carbocycles. The zero-order valence-electron chi connectivity index (χ0n) is 24.5. The summed E-state index contributed by atoms with van der Waals surface area (Å²) < 4.78 is 12.4. The highest BCUT2D eigenvalue weighted by molar-refractivity contribution is 6.08. The fraction of sp³-hybridized carbons (Fsp3) is 0.375. The maximum atomic E-state index is 13.3. The Labute approximate surface area is 245 Å². The van der Waals surface area contributed by atoms with Gasteiger partial charge in [-0.3, -0.25) is 14.5 Å². The van der Waals surface area contributed by atoms with Crippen LogP contribution in [0.3, 0.4) is 0 Å². The second kappa shape index (κ2) is 12.2. The van der Waals surface area contributed by atoms with Gasteiger partial charge in [-0.15, -0.1) is 5.10 Å². The van der Waals surface area contributed by atoms with Crippen LogP contribution >= 0.6 is 0 Å². The third-order valence-electron chi connectivity index (χ3n) is 7.60. The summed E-state index contributed by atoms with van der Waals surface area (Å²) in [7, 11) is 0. The zero-order chi connectivity index (χ0) is 29.9. The molecule has 4 aromatic rings. The summed E-state index contributed by atoms with van der Waals surface area (Å²) in [6.45, 7) is 10.5. The molecule has 42 heavy (non-hydrogen) atoms. The van der Waals surface area contributed by atoms with Crippen molar-refractivity contribution in [2.75, 3.05) is 18.4 Å². The van der Waals surface area contributed by atoms with Gasteiger partial charge in [0, 0.05) is 18.2 Å². The number of aromatic nitrogens is 2. The van der Waals surface area contributed by atoms with Crippen LogP contribution in [0.15, 0.2) is 65.1 Å². The Balaban J connectivity index is 1.40. The lowest BCUT2D eigenvalue weighted by atomic mass is 9.94. The van der Waals surface area contributed by atoms with E-state index in [2.05, 4.69) is 20.6 Å². The lowest BCUT2D eigenvalue weighted by Gasteiger charge is -2.26. The van der Waals surface area contributed by atoms with Crippen molar-refractivity contribution >= 4 is 34.8 Å². The summed E-state index contributed by atoms with van der Waals surface area (Å²) in [5, 5.41) is 10.0. The van der Waals surface area contributed by atoms with Crippen LogP contribution < -0.4 is 10.6 Å². The molecule has 1 aliphatic heterocycles. The van der Waals surface area contributed by atoms with Gasteiger partial charge in [-0.25, -0.2) is 4.79 Å². The number of rotatable bonds is 9. The van der Waals surface area contributed by atoms with E-state index in [1.54, 1.807) is 19.1 Å². The number of carbonyl (C=O) groups is 3. The van der Waals surface area contributed by atoms with Crippen molar-refractivity contribution in [2.45, 2.75) is 65.1 Å².